The van der Waals surface area contributed by atoms with Gasteiger partial charge in [-0.15, -0.1) is 0 Å². The maximum atomic E-state index is 13.7. The molecule has 0 bridgehead atoms. The zero-order valence-electron chi connectivity index (χ0n) is 12.1. The Morgan fingerprint density at radius 1 is 1.21 bits per heavy atom. The van der Waals surface area contributed by atoms with Crippen LogP contribution >= 0.6 is 0 Å². The van der Waals surface area contributed by atoms with Crippen molar-refractivity contribution in [2.45, 2.75) is 38.1 Å². The summed E-state index contributed by atoms with van der Waals surface area (Å²) in [5.74, 6) is -0.0948. The first kappa shape index (κ1) is 12.9. The van der Waals surface area contributed by atoms with Crippen LogP contribution in [-0.4, -0.2) is 37.6 Å². The summed E-state index contributed by atoms with van der Waals surface area (Å²) in [5.41, 5.74) is 2.67. The molecule has 2 heterocycles. The Labute approximate surface area is 115 Å². The lowest BCUT2D eigenvalue weighted by Crippen LogP contribution is -2.44. The lowest BCUT2D eigenvalue weighted by Gasteiger charge is -2.39. The van der Waals surface area contributed by atoms with Crippen LogP contribution in [-0.2, 0) is 5.41 Å². The summed E-state index contributed by atoms with van der Waals surface area (Å²) < 4.78 is 13.7. The van der Waals surface area contributed by atoms with Gasteiger partial charge >= 0.3 is 0 Å². The Balaban J connectivity index is 2.03. The third-order valence-electron chi connectivity index (χ3n) is 4.88. The van der Waals surface area contributed by atoms with Gasteiger partial charge in [-0.3, -0.25) is 0 Å². The van der Waals surface area contributed by atoms with Gasteiger partial charge < -0.3 is 9.80 Å². The molecule has 2 aliphatic rings. The minimum absolute atomic E-state index is 0.0948. The third kappa shape index (κ3) is 2.04. The van der Waals surface area contributed by atoms with Crippen molar-refractivity contribution in [2.24, 2.45) is 0 Å². The van der Waals surface area contributed by atoms with Crippen LogP contribution in [0, 0.1) is 5.82 Å². The van der Waals surface area contributed by atoms with E-state index < -0.39 is 0 Å². The average Bonchev–Trinajstić information content (AvgIpc) is 2.68. The highest BCUT2D eigenvalue weighted by atomic mass is 19.1. The van der Waals surface area contributed by atoms with Crippen molar-refractivity contribution < 1.29 is 4.39 Å². The molecule has 0 saturated carbocycles. The van der Waals surface area contributed by atoms with Crippen molar-refractivity contribution in [1.29, 1.82) is 0 Å². The van der Waals surface area contributed by atoms with Crippen molar-refractivity contribution in [3.8, 4) is 0 Å². The number of halogens is 1. The molecule has 1 spiro atoms. The summed E-state index contributed by atoms with van der Waals surface area (Å²) in [4.78, 5) is 4.82. The van der Waals surface area contributed by atoms with Crippen LogP contribution in [0.3, 0.4) is 0 Å². The number of nitrogens with zero attached hydrogens (tertiary/aromatic N) is 2. The standard InChI is InChI=1S/C16H23FN2/c1-12(2)19-11-16(6-8-18(3)9-7-16)14-10-13(17)4-5-15(14)19/h4-5,10,12H,6-9,11H2,1-3H3. The van der Waals surface area contributed by atoms with Crippen LogP contribution < -0.4 is 4.90 Å². The quantitative estimate of drug-likeness (QED) is 0.767. The van der Waals surface area contributed by atoms with Crippen LogP contribution in [0.2, 0.25) is 0 Å². The molecule has 3 rings (SSSR count). The van der Waals surface area contributed by atoms with Gasteiger partial charge in [0.1, 0.15) is 5.82 Å². The fourth-order valence-electron chi connectivity index (χ4n) is 3.61. The predicted molar refractivity (Wildman–Crippen MR) is 77.3 cm³/mol. The number of benzene rings is 1. The highest BCUT2D eigenvalue weighted by Gasteiger charge is 2.44. The van der Waals surface area contributed by atoms with E-state index in [1.807, 2.05) is 6.07 Å². The molecule has 1 fully saturated rings. The van der Waals surface area contributed by atoms with E-state index >= 15 is 0 Å². The van der Waals surface area contributed by atoms with Gasteiger partial charge in [0.2, 0.25) is 0 Å². The van der Waals surface area contributed by atoms with E-state index in [4.69, 9.17) is 0 Å². The second-order valence-corrected chi connectivity index (χ2v) is 6.47. The van der Waals surface area contributed by atoms with Crippen LogP contribution in [0.5, 0.6) is 0 Å². The maximum Gasteiger partial charge on any atom is 0.123 e. The van der Waals surface area contributed by atoms with Crippen molar-refractivity contribution in [2.75, 3.05) is 31.6 Å². The maximum absolute atomic E-state index is 13.7. The molecule has 19 heavy (non-hydrogen) atoms. The van der Waals surface area contributed by atoms with E-state index in [2.05, 4.69) is 30.7 Å². The molecule has 1 aromatic carbocycles. The largest absolute Gasteiger partial charge is 0.368 e. The van der Waals surface area contributed by atoms with Crippen molar-refractivity contribution in [3.05, 3.63) is 29.6 Å². The smallest absolute Gasteiger partial charge is 0.123 e. The lowest BCUT2D eigenvalue weighted by atomic mass is 9.74. The molecule has 2 aliphatic heterocycles. The normalized spacial score (nSPS) is 22.3. The zero-order valence-corrected chi connectivity index (χ0v) is 12.1. The number of rotatable bonds is 1. The first-order valence-electron chi connectivity index (χ1n) is 7.27. The average molecular weight is 262 g/mol. The number of likely N-dealkylation sites (tertiary alicyclic amines) is 1. The summed E-state index contributed by atoms with van der Waals surface area (Å²) in [5, 5.41) is 0. The lowest BCUT2D eigenvalue weighted by molar-refractivity contribution is 0.195. The minimum Gasteiger partial charge on any atom is -0.368 e. The molecule has 0 aliphatic carbocycles. The van der Waals surface area contributed by atoms with Crippen molar-refractivity contribution in [3.63, 3.8) is 0 Å². The molecular weight excluding hydrogens is 239 g/mol. The monoisotopic (exact) mass is 262 g/mol. The molecule has 2 nitrogen and oxygen atoms in total. The predicted octanol–water partition coefficient (Wildman–Crippen LogP) is 3.02. The summed E-state index contributed by atoms with van der Waals surface area (Å²) in [6.07, 6.45) is 2.28. The van der Waals surface area contributed by atoms with E-state index in [1.54, 1.807) is 12.1 Å². The van der Waals surface area contributed by atoms with E-state index in [1.165, 1.54) is 11.3 Å². The summed E-state index contributed by atoms with van der Waals surface area (Å²) in [6, 6.07) is 5.83. The Hall–Kier alpha value is -1.09. The topological polar surface area (TPSA) is 6.48 Å². The van der Waals surface area contributed by atoms with Gasteiger partial charge in [-0.1, -0.05) is 0 Å². The number of hydrogen-bond acceptors (Lipinski definition) is 2. The van der Waals surface area contributed by atoms with Crippen LogP contribution in [0.4, 0.5) is 10.1 Å². The molecule has 1 aromatic rings. The molecular formula is C16H23FN2. The highest BCUT2D eigenvalue weighted by molar-refractivity contribution is 5.63. The van der Waals surface area contributed by atoms with Crippen molar-refractivity contribution >= 4 is 5.69 Å². The summed E-state index contributed by atoms with van der Waals surface area (Å²) in [6.45, 7) is 7.73. The minimum atomic E-state index is -0.0948. The third-order valence-corrected chi connectivity index (χ3v) is 4.88. The van der Waals surface area contributed by atoms with Gasteiger partial charge in [-0.2, -0.15) is 0 Å². The van der Waals surface area contributed by atoms with E-state index in [0.29, 0.717) is 6.04 Å². The number of fused-ring (bicyclic) bond motifs is 2. The molecule has 0 aromatic heterocycles. The molecule has 0 amide bonds. The number of piperidine rings is 1. The van der Waals surface area contributed by atoms with Gasteiger partial charge in [0.05, 0.1) is 0 Å². The summed E-state index contributed by atoms with van der Waals surface area (Å²) >= 11 is 0. The van der Waals surface area contributed by atoms with E-state index in [0.717, 1.165) is 32.5 Å². The van der Waals surface area contributed by atoms with Gasteiger partial charge in [0, 0.05) is 23.7 Å². The fourth-order valence-corrected chi connectivity index (χ4v) is 3.61. The van der Waals surface area contributed by atoms with E-state index in [-0.39, 0.29) is 11.2 Å². The molecule has 0 atom stereocenters. The van der Waals surface area contributed by atoms with Crippen LogP contribution in [0.1, 0.15) is 32.3 Å². The Morgan fingerprint density at radius 3 is 2.53 bits per heavy atom. The van der Waals surface area contributed by atoms with Gasteiger partial charge in [-0.05, 0) is 70.6 Å². The molecule has 104 valence electrons. The molecule has 0 unspecified atom stereocenters. The van der Waals surface area contributed by atoms with Crippen molar-refractivity contribution in [1.82, 2.24) is 4.90 Å². The number of anilines is 1. The second kappa shape index (κ2) is 4.48. The Bertz CT molecular complexity index is 476. The van der Waals surface area contributed by atoms with Gasteiger partial charge in [-0.25, -0.2) is 4.39 Å². The second-order valence-electron chi connectivity index (χ2n) is 6.47. The number of hydrogen-bond donors (Lipinski definition) is 0. The highest BCUT2D eigenvalue weighted by Crippen LogP contribution is 2.47. The molecule has 0 N–H and O–H groups in total. The SMILES string of the molecule is CC(C)N1CC2(CCN(C)CC2)c2cc(F)ccc21. The molecule has 0 radical (unpaired) electrons. The first-order chi connectivity index (χ1) is 9.02. The Morgan fingerprint density at radius 2 is 1.89 bits per heavy atom. The van der Waals surface area contributed by atoms with Gasteiger partial charge in [0.25, 0.3) is 0 Å². The first-order valence-corrected chi connectivity index (χ1v) is 7.27. The van der Waals surface area contributed by atoms with Gasteiger partial charge in [0.15, 0.2) is 0 Å². The molecule has 1 saturated heterocycles. The Kier molecular flexibility index (Phi) is 3.05. The van der Waals surface area contributed by atoms with E-state index in [9.17, 15) is 4.39 Å². The van der Waals surface area contributed by atoms with Crippen LogP contribution in [0.15, 0.2) is 18.2 Å². The van der Waals surface area contributed by atoms with Crippen LogP contribution in [0.25, 0.3) is 0 Å². The summed E-state index contributed by atoms with van der Waals surface area (Å²) in [7, 11) is 2.18. The molecule has 3 heteroatoms. The zero-order chi connectivity index (χ0) is 13.6. The fraction of sp³-hybridized carbons (Fsp3) is 0.625.